The van der Waals surface area contributed by atoms with Crippen LogP contribution in [0.1, 0.15) is 23.1 Å². The van der Waals surface area contributed by atoms with Gasteiger partial charge >= 0.3 is 0 Å². The number of hydrogen-bond donors (Lipinski definition) is 1. The summed E-state index contributed by atoms with van der Waals surface area (Å²) in [6.45, 7) is 2.09. The van der Waals surface area contributed by atoms with Gasteiger partial charge < -0.3 is 9.73 Å². The molecule has 0 aliphatic rings. The minimum absolute atomic E-state index is 0.137. The van der Waals surface area contributed by atoms with Crippen LogP contribution in [0.25, 0.3) is 11.0 Å². The minimum atomic E-state index is 0.137. The Morgan fingerprint density at radius 3 is 2.85 bits per heavy atom. The molecule has 0 aliphatic carbocycles. The van der Waals surface area contributed by atoms with Gasteiger partial charge in [-0.15, -0.1) is 0 Å². The zero-order valence-corrected chi connectivity index (χ0v) is 12.1. The average molecular weight is 269 g/mol. The van der Waals surface area contributed by atoms with Crippen LogP contribution in [0.2, 0.25) is 0 Å². The van der Waals surface area contributed by atoms with Crippen LogP contribution < -0.4 is 5.32 Å². The summed E-state index contributed by atoms with van der Waals surface area (Å²) in [5.74, 6) is 0.957. The van der Waals surface area contributed by atoms with Crippen LogP contribution in [0.3, 0.4) is 0 Å². The third-order valence-electron chi connectivity index (χ3n) is 3.56. The highest BCUT2D eigenvalue weighted by molar-refractivity contribution is 5.78. The summed E-state index contributed by atoms with van der Waals surface area (Å²) in [5, 5.41) is 8.89. The highest BCUT2D eigenvalue weighted by Gasteiger charge is 2.16. The van der Waals surface area contributed by atoms with E-state index in [2.05, 4.69) is 35.5 Å². The van der Waals surface area contributed by atoms with Gasteiger partial charge in [0.15, 0.2) is 0 Å². The number of rotatable bonds is 4. The molecule has 2 aromatic heterocycles. The van der Waals surface area contributed by atoms with E-state index in [0.717, 1.165) is 28.8 Å². The van der Waals surface area contributed by atoms with Gasteiger partial charge in [-0.25, -0.2) is 0 Å². The Hall–Kier alpha value is -2.07. The predicted molar refractivity (Wildman–Crippen MR) is 79.7 cm³/mol. The lowest BCUT2D eigenvalue weighted by atomic mass is 10.1. The van der Waals surface area contributed by atoms with Gasteiger partial charge in [-0.2, -0.15) is 5.10 Å². The van der Waals surface area contributed by atoms with Crippen molar-refractivity contribution < 1.29 is 4.42 Å². The highest BCUT2D eigenvalue weighted by atomic mass is 16.3. The molecule has 0 fully saturated rings. The van der Waals surface area contributed by atoms with Crippen LogP contribution in [0.5, 0.6) is 0 Å². The molecule has 0 saturated carbocycles. The molecule has 0 radical (unpaired) electrons. The number of furan rings is 1. The summed E-state index contributed by atoms with van der Waals surface area (Å²) in [7, 11) is 3.88. The molecule has 1 N–H and O–H groups in total. The fourth-order valence-corrected chi connectivity index (χ4v) is 2.48. The molecule has 20 heavy (non-hydrogen) atoms. The van der Waals surface area contributed by atoms with Gasteiger partial charge in [-0.3, -0.25) is 4.68 Å². The Balaban J connectivity index is 1.90. The van der Waals surface area contributed by atoms with Gasteiger partial charge in [0.2, 0.25) is 0 Å². The van der Waals surface area contributed by atoms with Gasteiger partial charge in [0.1, 0.15) is 11.3 Å². The van der Waals surface area contributed by atoms with Gasteiger partial charge in [0.05, 0.1) is 11.7 Å². The molecule has 0 spiro atoms. The Kier molecular flexibility index (Phi) is 3.32. The number of benzene rings is 1. The molecule has 0 amide bonds. The van der Waals surface area contributed by atoms with E-state index in [-0.39, 0.29) is 6.04 Å². The number of aryl methyl sites for hydroxylation is 2. The standard InChI is InChI=1S/C16H19N3O/c1-11-4-5-15-12(8-11)9-16(20-15)14(17-2)10-13-6-7-19(3)18-13/h4-9,14,17H,10H2,1-3H3. The number of nitrogens with one attached hydrogen (secondary N) is 1. The Morgan fingerprint density at radius 1 is 1.30 bits per heavy atom. The number of fused-ring (bicyclic) bond motifs is 1. The van der Waals surface area contributed by atoms with Crippen molar-refractivity contribution in [3.05, 3.63) is 53.5 Å². The van der Waals surface area contributed by atoms with Crippen molar-refractivity contribution in [3.8, 4) is 0 Å². The van der Waals surface area contributed by atoms with Crippen molar-refractivity contribution in [2.75, 3.05) is 7.05 Å². The summed E-state index contributed by atoms with van der Waals surface area (Å²) in [4.78, 5) is 0. The number of hydrogen-bond acceptors (Lipinski definition) is 3. The summed E-state index contributed by atoms with van der Waals surface area (Å²) in [6, 6.07) is 10.5. The quantitative estimate of drug-likeness (QED) is 0.792. The van der Waals surface area contributed by atoms with E-state index < -0.39 is 0 Å². The van der Waals surface area contributed by atoms with Crippen LogP contribution in [-0.2, 0) is 13.5 Å². The molecule has 0 aliphatic heterocycles. The molecular formula is C16H19N3O. The highest BCUT2D eigenvalue weighted by Crippen LogP contribution is 2.26. The average Bonchev–Trinajstić information content (AvgIpc) is 3.01. The van der Waals surface area contributed by atoms with Crippen LogP contribution in [0, 0.1) is 6.92 Å². The van der Waals surface area contributed by atoms with Gasteiger partial charge in [-0.1, -0.05) is 11.6 Å². The van der Waals surface area contributed by atoms with E-state index in [1.165, 1.54) is 5.56 Å². The maximum absolute atomic E-state index is 5.96. The first kappa shape index (κ1) is 12.9. The van der Waals surface area contributed by atoms with E-state index in [0.29, 0.717) is 0 Å². The second kappa shape index (κ2) is 5.13. The molecular weight excluding hydrogens is 250 g/mol. The third kappa shape index (κ3) is 2.47. The van der Waals surface area contributed by atoms with E-state index in [9.17, 15) is 0 Å². The number of nitrogens with zero attached hydrogens (tertiary/aromatic N) is 2. The second-order valence-electron chi connectivity index (χ2n) is 5.22. The predicted octanol–water partition coefficient (Wildman–Crippen LogP) is 2.98. The molecule has 4 heteroatoms. The third-order valence-corrected chi connectivity index (χ3v) is 3.56. The molecule has 104 valence electrons. The SMILES string of the molecule is CNC(Cc1ccn(C)n1)c1cc2cc(C)ccc2o1. The van der Waals surface area contributed by atoms with E-state index in [1.54, 1.807) is 0 Å². The largest absolute Gasteiger partial charge is 0.459 e. The molecule has 1 atom stereocenters. The summed E-state index contributed by atoms with van der Waals surface area (Å²) >= 11 is 0. The van der Waals surface area contributed by atoms with Gasteiger partial charge in [0.25, 0.3) is 0 Å². The first-order chi connectivity index (χ1) is 9.65. The lowest BCUT2D eigenvalue weighted by Gasteiger charge is -2.11. The van der Waals surface area contributed by atoms with Crippen molar-refractivity contribution in [1.82, 2.24) is 15.1 Å². The molecule has 3 aromatic rings. The first-order valence-electron chi connectivity index (χ1n) is 6.81. The van der Waals surface area contributed by atoms with Crippen molar-refractivity contribution >= 4 is 11.0 Å². The maximum atomic E-state index is 5.96. The van der Waals surface area contributed by atoms with E-state index in [4.69, 9.17) is 4.42 Å². The van der Waals surface area contributed by atoms with Gasteiger partial charge in [-0.05, 0) is 38.2 Å². The lowest BCUT2D eigenvalue weighted by molar-refractivity contribution is 0.447. The Morgan fingerprint density at radius 2 is 2.15 bits per heavy atom. The smallest absolute Gasteiger partial charge is 0.134 e. The van der Waals surface area contributed by atoms with E-state index >= 15 is 0 Å². The van der Waals surface area contributed by atoms with Gasteiger partial charge in [0, 0.05) is 25.1 Å². The lowest BCUT2D eigenvalue weighted by Crippen LogP contribution is -2.18. The zero-order valence-electron chi connectivity index (χ0n) is 12.1. The monoisotopic (exact) mass is 269 g/mol. The molecule has 4 nitrogen and oxygen atoms in total. The first-order valence-corrected chi connectivity index (χ1v) is 6.81. The van der Waals surface area contributed by atoms with Crippen molar-refractivity contribution in [1.29, 1.82) is 0 Å². The number of aromatic nitrogens is 2. The van der Waals surface area contributed by atoms with Crippen molar-refractivity contribution in [2.24, 2.45) is 7.05 Å². The van der Waals surface area contributed by atoms with Crippen molar-refractivity contribution in [3.63, 3.8) is 0 Å². The normalized spacial score (nSPS) is 12.9. The fourth-order valence-electron chi connectivity index (χ4n) is 2.48. The molecule has 0 saturated heterocycles. The molecule has 1 unspecified atom stereocenters. The maximum Gasteiger partial charge on any atom is 0.134 e. The van der Waals surface area contributed by atoms with E-state index in [1.807, 2.05) is 37.1 Å². The Bertz CT molecular complexity index is 726. The molecule has 0 bridgehead atoms. The summed E-state index contributed by atoms with van der Waals surface area (Å²) in [6.07, 6.45) is 2.78. The van der Waals surface area contributed by atoms with Crippen molar-refractivity contribution in [2.45, 2.75) is 19.4 Å². The topological polar surface area (TPSA) is 43.0 Å². The Labute approximate surface area is 118 Å². The van der Waals surface area contributed by atoms with Crippen LogP contribution in [0.4, 0.5) is 0 Å². The zero-order chi connectivity index (χ0) is 14.1. The number of likely N-dealkylation sites (N-methyl/N-ethyl adjacent to an activating group) is 1. The van der Waals surface area contributed by atoms with Crippen LogP contribution >= 0.6 is 0 Å². The van der Waals surface area contributed by atoms with Crippen LogP contribution in [-0.4, -0.2) is 16.8 Å². The summed E-state index contributed by atoms with van der Waals surface area (Å²) in [5.41, 5.74) is 3.24. The fraction of sp³-hybridized carbons (Fsp3) is 0.312. The minimum Gasteiger partial charge on any atom is -0.459 e. The molecule has 2 heterocycles. The van der Waals surface area contributed by atoms with Crippen LogP contribution in [0.15, 0.2) is 40.9 Å². The molecule has 1 aromatic carbocycles. The molecule has 3 rings (SSSR count). The second-order valence-corrected chi connectivity index (χ2v) is 5.22. The summed E-state index contributed by atoms with van der Waals surface area (Å²) < 4.78 is 7.78.